The number of hydrogen-bond donors (Lipinski definition) is 0. The highest BCUT2D eigenvalue weighted by atomic mass is 16.5. The molecule has 1 aliphatic heterocycles. The first-order valence-corrected chi connectivity index (χ1v) is 9.34. The van der Waals surface area contributed by atoms with E-state index in [-0.39, 0.29) is 36.4 Å². The van der Waals surface area contributed by atoms with Gasteiger partial charge >= 0.3 is 5.97 Å². The number of benzene rings is 2. The number of hydrogen-bond acceptors (Lipinski definition) is 6. The molecule has 0 bridgehead atoms. The third-order valence-electron chi connectivity index (χ3n) is 4.84. The highest BCUT2D eigenvalue weighted by molar-refractivity contribution is 6.21. The lowest BCUT2D eigenvalue weighted by Gasteiger charge is -2.15. The van der Waals surface area contributed by atoms with Gasteiger partial charge in [0.05, 0.1) is 36.2 Å². The van der Waals surface area contributed by atoms with E-state index in [2.05, 4.69) is 5.10 Å². The van der Waals surface area contributed by atoms with Crippen LogP contribution in [0, 0.1) is 6.92 Å². The molecule has 8 nitrogen and oxygen atoms in total. The molecule has 0 aliphatic carbocycles. The Labute approximate surface area is 172 Å². The van der Waals surface area contributed by atoms with E-state index in [0.29, 0.717) is 22.5 Å². The lowest BCUT2D eigenvalue weighted by atomic mass is 10.1. The second kappa shape index (κ2) is 7.82. The molecule has 0 unspecified atom stereocenters. The number of carbonyl (C=O) groups excluding carboxylic acids is 3. The second-order valence-corrected chi connectivity index (χ2v) is 6.66. The van der Waals surface area contributed by atoms with Crippen molar-refractivity contribution >= 4 is 17.8 Å². The van der Waals surface area contributed by atoms with Gasteiger partial charge in [-0.05, 0) is 31.2 Å². The van der Waals surface area contributed by atoms with Gasteiger partial charge in [-0.15, -0.1) is 0 Å². The van der Waals surface area contributed by atoms with E-state index in [9.17, 15) is 14.4 Å². The van der Waals surface area contributed by atoms with Crippen LogP contribution in [-0.2, 0) is 4.74 Å². The highest BCUT2D eigenvalue weighted by Crippen LogP contribution is 2.27. The molecule has 0 saturated heterocycles. The normalized spacial score (nSPS) is 12.8. The minimum absolute atomic E-state index is 0.00652. The Morgan fingerprint density at radius 3 is 2.17 bits per heavy atom. The summed E-state index contributed by atoms with van der Waals surface area (Å²) in [6, 6.07) is 15.9. The van der Waals surface area contributed by atoms with Crippen molar-refractivity contribution in [3.63, 3.8) is 0 Å². The molecule has 1 aromatic heterocycles. The number of aromatic nitrogens is 2. The lowest BCUT2D eigenvalue weighted by Crippen LogP contribution is -2.33. The molecule has 0 N–H and O–H groups in total. The zero-order chi connectivity index (χ0) is 21.3. The van der Waals surface area contributed by atoms with Crippen molar-refractivity contribution in [3.8, 4) is 11.6 Å². The van der Waals surface area contributed by atoms with Gasteiger partial charge in [0, 0.05) is 0 Å². The fourth-order valence-corrected chi connectivity index (χ4v) is 3.40. The number of esters is 1. The summed E-state index contributed by atoms with van der Waals surface area (Å²) >= 11 is 0. The van der Waals surface area contributed by atoms with Gasteiger partial charge in [-0.3, -0.25) is 14.5 Å². The maximum atomic E-state index is 12.5. The topological polar surface area (TPSA) is 90.7 Å². The van der Waals surface area contributed by atoms with Crippen LogP contribution in [0.1, 0.15) is 36.8 Å². The number of ether oxygens (including phenoxy) is 2. The maximum Gasteiger partial charge on any atom is 0.345 e. The van der Waals surface area contributed by atoms with E-state index < -0.39 is 5.97 Å². The molecule has 0 radical (unpaired) electrons. The smallest absolute Gasteiger partial charge is 0.345 e. The van der Waals surface area contributed by atoms with Crippen molar-refractivity contribution in [1.29, 1.82) is 0 Å². The number of aryl methyl sites for hydroxylation is 1. The van der Waals surface area contributed by atoms with Crippen LogP contribution in [0.25, 0.3) is 5.69 Å². The first kappa shape index (κ1) is 19.4. The number of rotatable bonds is 6. The molecule has 1 aliphatic rings. The molecular weight excluding hydrogens is 386 g/mol. The molecule has 3 aromatic rings. The predicted octanol–water partition coefficient (Wildman–Crippen LogP) is 2.64. The van der Waals surface area contributed by atoms with Crippen LogP contribution in [0.5, 0.6) is 5.88 Å². The average molecular weight is 405 g/mol. The fraction of sp³-hybridized carbons (Fsp3) is 0.182. The first-order chi connectivity index (χ1) is 14.5. The number of carbonyl (C=O) groups is 3. The Bertz CT molecular complexity index is 1100. The Hall–Kier alpha value is -3.94. The summed E-state index contributed by atoms with van der Waals surface area (Å²) in [5.41, 5.74) is 2.10. The summed E-state index contributed by atoms with van der Waals surface area (Å²) in [7, 11) is 1.28. The van der Waals surface area contributed by atoms with Crippen LogP contribution in [0.15, 0.2) is 54.6 Å². The molecule has 0 saturated carbocycles. The minimum Gasteiger partial charge on any atom is -0.475 e. The summed E-state index contributed by atoms with van der Waals surface area (Å²) in [5.74, 6) is -1.10. The van der Waals surface area contributed by atoms with Crippen LogP contribution < -0.4 is 4.74 Å². The average Bonchev–Trinajstić information content (AvgIpc) is 3.23. The SMILES string of the molecule is COC(=O)c1c(C)nn(-c2ccccc2)c1OCCN1C(=O)c2ccccc2C1=O. The van der Waals surface area contributed by atoms with Crippen LogP contribution in [0.2, 0.25) is 0 Å². The first-order valence-electron chi connectivity index (χ1n) is 9.34. The van der Waals surface area contributed by atoms with E-state index in [1.807, 2.05) is 30.3 Å². The standard InChI is InChI=1S/C22H19N3O5/c1-14-18(22(28)29-2)21(25(23-14)15-8-4-3-5-9-15)30-13-12-24-19(26)16-10-6-7-11-17(16)20(24)27/h3-11H,12-13H2,1-2H3. The molecular formula is C22H19N3O5. The highest BCUT2D eigenvalue weighted by Gasteiger charge is 2.35. The third-order valence-corrected chi connectivity index (χ3v) is 4.84. The van der Waals surface area contributed by atoms with Crippen LogP contribution in [0.4, 0.5) is 0 Å². The number of imide groups is 1. The van der Waals surface area contributed by atoms with Crippen LogP contribution >= 0.6 is 0 Å². The number of methoxy groups -OCH3 is 1. The summed E-state index contributed by atoms with van der Waals surface area (Å²) in [6.45, 7) is 1.71. The van der Waals surface area contributed by atoms with Gasteiger partial charge in [0.1, 0.15) is 12.2 Å². The number of fused-ring (bicyclic) bond motifs is 1. The second-order valence-electron chi connectivity index (χ2n) is 6.66. The molecule has 152 valence electrons. The largest absolute Gasteiger partial charge is 0.475 e. The Balaban J connectivity index is 1.58. The monoisotopic (exact) mass is 405 g/mol. The zero-order valence-electron chi connectivity index (χ0n) is 16.5. The van der Waals surface area contributed by atoms with Crippen molar-refractivity contribution in [2.45, 2.75) is 6.92 Å². The van der Waals surface area contributed by atoms with Gasteiger partial charge < -0.3 is 9.47 Å². The predicted molar refractivity (Wildman–Crippen MR) is 107 cm³/mol. The molecule has 0 fully saturated rings. The minimum atomic E-state index is -0.578. The number of para-hydroxylation sites is 1. The molecule has 8 heteroatoms. The number of amides is 2. The molecule has 2 aromatic carbocycles. The zero-order valence-corrected chi connectivity index (χ0v) is 16.5. The van der Waals surface area contributed by atoms with E-state index in [0.717, 1.165) is 4.90 Å². The van der Waals surface area contributed by atoms with Gasteiger partial charge in [-0.1, -0.05) is 30.3 Å². The fourth-order valence-electron chi connectivity index (χ4n) is 3.40. The van der Waals surface area contributed by atoms with Gasteiger partial charge in [0.15, 0.2) is 0 Å². The van der Waals surface area contributed by atoms with Gasteiger partial charge in [-0.2, -0.15) is 5.10 Å². The Morgan fingerprint density at radius 1 is 0.967 bits per heavy atom. The van der Waals surface area contributed by atoms with Crippen LogP contribution in [-0.4, -0.2) is 52.7 Å². The molecule has 2 heterocycles. The van der Waals surface area contributed by atoms with E-state index in [4.69, 9.17) is 9.47 Å². The summed E-state index contributed by atoms with van der Waals surface area (Å²) in [5, 5.41) is 4.41. The molecule has 30 heavy (non-hydrogen) atoms. The molecule has 4 rings (SSSR count). The molecule has 2 amide bonds. The van der Waals surface area contributed by atoms with Gasteiger partial charge in [0.25, 0.3) is 11.8 Å². The maximum absolute atomic E-state index is 12.5. The summed E-state index contributed by atoms with van der Waals surface area (Å²) < 4.78 is 12.3. The van der Waals surface area contributed by atoms with Gasteiger partial charge in [-0.25, -0.2) is 9.48 Å². The number of nitrogens with zero attached hydrogens (tertiary/aromatic N) is 3. The van der Waals surface area contributed by atoms with Crippen molar-refractivity contribution in [1.82, 2.24) is 14.7 Å². The van der Waals surface area contributed by atoms with Crippen molar-refractivity contribution in [3.05, 3.63) is 77.0 Å². The molecule has 0 atom stereocenters. The van der Waals surface area contributed by atoms with Crippen molar-refractivity contribution in [2.24, 2.45) is 0 Å². The van der Waals surface area contributed by atoms with E-state index >= 15 is 0 Å². The van der Waals surface area contributed by atoms with Crippen LogP contribution in [0.3, 0.4) is 0 Å². The third kappa shape index (κ3) is 3.22. The summed E-state index contributed by atoms with van der Waals surface area (Å²) in [6.07, 6.45) is 0. The summed E-state index contributed by atoms with van der Waals surface area (Å²) in [4.78, 5) is 38.5. The Kier molecular flexibility index (Phi) is 5.05. The van der Waals surface area contributed by atoms with Gasteiger partial charge in [0.2, 0.25) is 5.88 Å². The van der Waals surface area contributed by atoms with E-state index in [1.165, 1.54) is 11.8 Å². The lowest BCUT2D eigenvalue weighted by molar-refractivity contribution is 0.0580. The Morgan fingerprint density at radius 2 is 1.57 bits per heavy atom. The molecule has 0 spiro atoms. The van der Waals surface area contributed by atoms with Crippen molar-refractivity contribution in [2.75, 3.05) is 20.3 Å². The quantitative estimate of drug-likeness (QED) is 0.463. The van der Waals surface area contributed by atoms with E-state index in [1.54, 1.807) is 31.2 Å². The van der Waals surface area contributed by atoms with Crippen molar-refractivity contribution < 1.29 is 23.9 Å².